The van der Waals surface area contributed by atoms with Crippen LogP contribution >= 0.6 is 0 Å². The standard InChI is InChI=1S/C20H24FN3O3S/c1-22(2)20(25)19(16-7-4-3-5-8-16)23-11-13-24(14-12-23)28(26,27)18-10-6-9-17(21)15-18/h3-10,15,19H,11-14H2,1-2H3/p+1/t19-/m0/s1. The lowest BCUT2D eigenvalue weighted by Gasteiger charge is -2.36. The Balaban J connectivity index is 1.78. The number of sulfonamides is 1. The Labute approximate surface area is 165 Å². The molecule has 150 valence electrons. The van der Waals surface area contributed by atoms with Crippen LogP contribution in [0.15, 0.2) is 59.5 Å². The molecule has 1 aliphatic rings. The number of rotatable bonds is 5. The highest BCUT2D eigenvalue weighted by molar-refractivity contribution is 7.89. The zero-order valence-electron chi connectivity index (χ0n) is 16.0. The zero-order valence-corrected chi connectivity index (χ0v) is 16.8. The van der Waals surface area contributed by atoms with Crippen LogP contribution in [-0.4, -0.2) is 63.8 Å². The molecule has 0 aliphatic carbocycles. The number of amides is 1. The summed E-state index contributed by atoms with van der Waals surface area (Å²) in [6, 6.07) is 14.2. The van der Waals surface area contributed by atoms with Crippen molar-refractivity contribution in [3.05, 3.63) is 66.0 Å². The molecule has 1 fully saturated rings. The van der Waals surface area contributed by atoms with Crippen LogP contribution in [0.25, 0.3) is 0 Å². The van der Waals surface area contributed by atoms with Crippen molar-refractivity contribution < 1.29 is 22.5 Å². The van der Waals surface area contributed by atoms with Gasteiger partial charge in [0.25, 0.3) is 5.91 Å². The summed E-state index contributed by atoms with van der Waals surface area (Å²) in [4.78, 5) is 15.4. The number of benzene rings is 2. The van der Waals surface area contributed by atoms with Gasteiger partial charge in [0.05, 0.1) is 31.1 Å². The fraction of sp³-hybridized carbons (Fsp3) is 0.350. The van der Waals surface area contributed by atoms with Gasteiger partial charge in [-0.3, -0.25) is 4.79 Å². The summed E-state index contributed by atoms with van der Waals surface area (Å²) in [7, 11) is -0.301. The second-order valence-electron chi connectivity index (χ2n) is 7.10. The van der Waals surface area contributed by atoms with Crippen LogP contribution < -0.4 is 4.90 Å². The van der Waals surface area contributed by atoms with E-state index in [0.717, 1.165) is 16.5 Å². The third kappa shape index (κ3) is 4.24. The zero-order chi connectivity index (χ0) is 20.3. The SMILES string of the molecule is CN(C)C(=O)[C@H](c1ccccc1)[NH+]1CCN(S(=O)(=O)c2cccc(F)c2)CC1. The van der Waals surface area contributed by atoms with E-state index in [1.165, 1.54) is 22.5 Å². The molecule has 8 heteroatoms. The molecule has 0 radical (unpaired) electrons. The van der Waals surface area contributed by atoms with E-state index >= 15 is 0 Å². The number of halogens is 1. The molecule has 2 aromatic carbocycles. The smallest absolute Gasteiger partial charge is 0.285 e. The normalized spacial score (nSPS) is 17.2. The maximum atomic E-state index is 13.5. The van der Waals surface area contributed by atoms with Crippen molar-refractivity contribution in [3.63, 3.8) is 0 Å². The molecule has 0 spiro atoms. The molecule has 28 heavy (non-hydrogen) atoms. The van der Waals surface area contributed by atoms with Gasteiger partial charge in [-0.1, -0.05) is 36.4 Å². The third-order valence-electron chi connectivity index (χ3n) is 5.03. The van der Waals surface area contributed by atoms with E-state index in [1.54, 1.807) is 19.0 Å². The molecule has 0 aromatic heterocycles. The number of carbonyl (C=O) groups excluding carboxylic acids is 1. The highest BCUT2D eigenvalue weighted by Gasteiger charge is 2.38. The molecule has 0 saturated carbocycles. The van der Waals surface area contributed by atoms with Gasteiger partial charge >= 0.3 is 0 Å². The molecule has 1 atom stereocenters. The van der Waals surface area contributed by atoms with Crippen LogP contribution in [0.4, 0.5) is 4.39 Å². The number of nitrogens with zero attached hydrogens (tertiary/aromatic N) is 2. The summed E-state index contributed by atoms with van der Waals surface area (Å²) in [5.41, 5.74) is 0.914. The maximum Gasteiger partial charge on any atom is 0.285 e. The Morgan fingerprint density at radius 1 is 1.07 bits per heavy atom. The Morgan fingerprint density at radius 3 is 2.29 bits per heavy atom. The van der Waals surface area contributed by atoms with E-state index in [2.05, 4.69) is 0 Å². The first-order valence-corrected chi connectivity index (χ1v) is 10.6. The van der Waals surface area contributed by atoms with Crippen LogP contribution in [0.1, 0.15) is 11.6 Å². The predicted molar refractivity (Wildman–Crippen MR) is 104 cm³/mol. The lowest BCUT2D eigenvalue weighted by molar-refractivity contribution is -0.925. The first-order valence-electron chi connectivity index (χ1n) is 9.17. The predicted octanol–water partition coefficient (Wildman–Crippen LogP) is 0.544. The monoisotopic (exact) mass is 406 g/mol. The average molecular weight is 407 g/mol. The van der Waals surface area contributed by atoms with Crippen molar-refractivity contribution in [1.29, 1.82) is 0 Å². The number of piperazine rings is 1. The summed E-state index contributed by atoms with van der Waals surface area (Å²) in [5.74, 6) is -0.589. The lowest BCUT2D eigenvalue weighted by Crippen LogP contribution is -3.16. The van der Waals surface area contributed by atoms with Crippen molar-refractivity contribution in [2.24, 2.45) is 0 Å². The molecule has 1 heterocycles. The minimum Gasteiger partial charge on any atom is -0.343 e. The maximum absolute atomic E-state index is 13.5. The minimum absolute atomic E-state index is 0.0114. The molecule has 0 bridgehead atoms. The topological polar surface area (TPSA) is 62.1 Å². The number of hydrogen-bond acceptors (Lipinski definition) is 3. The second kappa shape index (κ2) is 8.38. The fourth-order valence-electron chi connectivity index (χ4n) is 3.54. The Bertz CT molecular complexity index is 927. The molecular formula is C20H25FN3O3S+. The highest BCUT2D eigenvalue weighted by atomic mass is 32.2. The van der Waals surface area contributed by atoms with E-state index in [-0.39, 0.29) is 29.9 Å². The minimum atomic E-state index is -3.75. The van der Waals surface area contributed by atoms with Crippen molar-refractivity contribution in [3.8, 4) is 0 Å². The summed E-state index contributed by atoms with van der Waals surface area (Å²) in [6.45, 7) is 1.54. The summed E-state index contributed by atoms with van der Waals surface area (Å²) < 4.78 is 40.4. The van der Waals surface area contributed by atoms with E-state index in [0.29, 0.717) is 13.1 Å². The molecule has 1 N–H and O–H groups in total. The van der Waals surface area contributed by atoms with Gasteiger partial charge in [-0.05, 0) is 18.2 Å². The van der Waals surface area contributed by atoms with Gasteiger partial charge in [-0.15, -0.1) is 0 Å². The molecule has 6 nitrogen and oxygen atoms in total. The van der Waals surface area contributed by atoms with Gasteiger partial charge in [-0.25, -0.2) is 12.8 Å². The van der Waals surface area contributed by atoms with E-state index < -0.39 is 15.8 Å². The number of carbonyl (C=O) groups is 1. The molecule has 1 aliphatic heterocycles. The number of likely N-dealkylation sites (N-methyl/N-ethyl adjacent to an activating group) is 1. The second-order valence-corrected chi connectivity index (χ2v) is 9.03. The van der Waals surface area contributed by atoms with E-state index in [9.17, 15) is 17.6 Å². The van der Waals surface area contributed by atoms with Gasteiger partial charge in [0.1, 0.15) is 5.82 Å². The molecule has 2 aromatic rings. The van der Waals surface area contributed by atoms with E-state index in [4.69, 9.17) is 0 Å². The molecule has 1 saturated heterocycles. The van der Waals surface area contributed by atoms with Crippen LogP contribution in [0, 0.1) is 5.82 Å². The lowest BCUT2D eigenvalue weighted by atomic mass is 10.0. The molecule has 1 amide bonds. The number of quaternary nitrogens is 1. The third-order valence-corrected chi connectivity index (χ3v) is 6.92. The van der Waals surface area contributed by atoms with Gasteiger partial charge in [0.15, 0.2) is 6.04 Å². The van der Waals surface area contributed by atoms with Crippen LogP contribution in [0.3, 0.4) is 0 Å². The van der Waals surface area contributed by atoms with Gasteiger partial charge in [-0.2, -0.15) is 4.31 Å². The summed E-state index contributed by atoms with van der Waals surface area (Å²) in [5, 5.41) is 0. The van der Waals surface area contributed by atoms with Crippen LogP contribution in [0.5, 0.6) is 0 Å². The van der Waals surface area contributed by atoms with Crippen LogP contribution in [-0.2, 0) is 14.8 Å². The first kappa shape index (κ1) is 20.4. The Hall–Kier alpha value is -2.29. The quantitative estimate of drug-likeness (QED) is 0.789. The van der Waals surface area contributed by atoms with E-state index in [1.807, 2.05) is 30.3 Å². The van der Waals surface area contributed by atoms with Gasteiger partial charge in [0, 0.05) is 19.7 Å². The largest absolute Gasteiger partial charge is 0.343 e. The molecule has 0 unspecified atom stereocenters. The van der Waals surface area contributed by atoms with Crippen molar-refractivity contribution in [2.75, 3.05) is 40.3 Å². The van der Waals surface area contributed by atoms with Crippen molar-refractivity contribution in [2.45, 2.75) is 10.9 Å². The van der Waals surface area contributed by atoms with Crippen molar-refractivity contribution >= 4 is 15.9 Å². The first-order chi connectivity index (χ1) is 13.3. The Morgan fingerprint density at radius 2 is 1.71 bits per heavy atom. The molecular weight excluding hydrogens is 381 g/mol. The fourth-order valence-corrected chi connectivity index (χ4v) is 5.01. The Kier molecular flexibility index (Phi) is 6.12. The molecule has 3 rings (SSSR count). The van der Waals surface area contributed by atoms with Crippen LogP contribution in [0.2, 0.25) is 0 Å². The summed E-state index contributed by atoms with van der Waals surface area (Å²) >= 11 is 0. The van der Waals surface area contributed by atoms with Gasteiger partial charge in [0.2, 0.25) is 10.0 Å². The van der Waals surface area contributed by atoms with Crippen molar-refractivity contribution in [1.82, 2.24) is 9.21 Å². The van der Waals surface area contributed by atoms with Gasteiger partial charge < -0.3 is 9.80 Å². The number of hydrogen-bond donors (Lipinski definition) is 1. The number of nitrogens with one attached hydrogen (secondary N) is 1. The summed E-state index contributed by atoms with van der Waals surface area (Å²) in [6.07, 6.45) is 0. The average Bonchev–Trinajstić information content (AvgIpc) is 2.69. The highest BCUT2D eigenvalue weighted by Crippen LogP contribution is 2.18.